The average Bonchev–Trinajstić information content (AvgIpc) is 2.83. The highest BCUT2D eigenvalue weighted by Gasteiger charge is 2.29. The van der Waals surface area contributed by atoms with Gasteiger partial charge >= 0.3 is 0 Å². The quantitative estimate of drug-likeness (QED) is 0.628. The van der Waals surface area contributed by atoms with Gasteiger partial charge in [0.15, 0.2) is 5.75 Å². The van der Waals surface area contributed by atoms with Gasteiger partial charge in [0, 0.05) is 19.7 Å². The van der Waals surface area contributed by atoms with Gasteiger partial charge in [-0.1, -0.05) is 48.0 Å². The van der Waals surface area contributed by atoms with Crippen molar-refractivity contribution in [3.63, 3.8) is 0 Å². The predicted molar refractivity (Wildman–Crippen MR) is 116 cm³/mol. The summed E-state index contributed by atoms with van der Waals surface area (Å²) in [6.07, 6.45) is 0. The third kappa shape index (κ3) is 3.79. The fourth-order valence-corrected chi connectivity index (χ4v) is 4.90. The third-order valence-corrected chi connectivity index (χ3v) is 7.09. The molecule has 0 aliphatic carbocycles. The van der Waals surface area contributed by atoms with Crippen LogP contribution in [0.4, 0.5) is 5.69 Å². The van der Waals surface area contributed by atoms with E-state index in [0.717, 1.165) is 11.1 Å². The van der Waals surface area contributed by atoms with Gasteiger partial charge in [0.1, 0.15) is 10.6 Å². The molecule has 30 heavy (non-hydrogen) atoms. The Morgan fingerprint density at radius 3 is 2.50 bits per heavy atom. The van der Waals surface area contributed by atoms with E-state index in [1.807, 2.05) is 43.3 Å². The Bertz CT molecular complexity index is 1240. The lowest BCUT2D eigenvalue weighted by atomic mass is 10.2. The summed E-state index contributed by atoms with van der Waals surface area (Å²) in [6, 6.07) is 17.2. The van der Waals surface area contributed by atoms with Gasteiger partial charge in [-0.15, -0.1) is 0 Å². The monoisotopic (exact) mass is 442 g/mol. The Hall–Kier alpha value is -2.87. The molecular formula is C22H19ClN2O4S. The Morgan fingerprint density at radius 2 is 1.77 bits per heavy atom. The Labute approximate surface area is 180 Å². The molecule has 154 valence electrons. The molecule has 3 aromatic carbocycles. The van der Waals surface area contributed by atoms with E-state index >= 15 is 0 Å². The van der Waals surface area contributed by atoms with Gasteiger partial charge in [-0.05, 0) is 36.2 Å². The van der Waals surface area contributed by atoms with Crippen molar-refractivity contribution in [1.82, 2.24) is 4.31 Å². The van der Waals surface area contributed by atoms with Crippen molar-refractivity contribution < 1.29 is 17.9 Å². The second kappa shape index (κ2) is 7.75. The van der Waals surface area contributed by atoms with E-state index in [4.69, 9.17) is 16.3 Å². The minimum atomic E-state index is -3.94. The fourth-order valence-electron chi connectivity index (χ4n) is 3.23. The summed E-state index contributed by atoms with van der Waals surface area (Å²) in [4.78, 5) is 12.6. The summed E-state index contributed by atoms with van der Waals surface area (Å²) < 4.78 is 33.4. The number of amides is 1. The highest BCUT2D eigenvalue weighted by atomic mass is 35.5. The van der Waals surface area contributed by atoms with Crippen LogP contribution in [0.1, 0.15) is 21.5 Å². The first kappa shape index (κ1) is 20.4. The molecule has 1 heterocycles. The van der Waals surface area contributed by atoms with Crippen LogP contribution in [0.25, 0.3) is 0 Å². The van der Waals surface area contributed by atoms with Crippen molar-refractivity contribution in [2.75, 3.05) is 12.4 Å². The summed E-state index contributed by atoms with van der Waals surface area (Å²) in [5.74, 6) is 0.193. The first-order valence-corrected chi connectivity index (χ1v) is 11.0. The molecular weight excluding hydrogens is 424 g/mol. The molecule has 0 saturated carbocycles. The number of carbonyl (C=O) groups is 1. The maximum absolute atomic E-state index is 13.2. The first-order chi connectivity index (χ1) is 14.3. The number of anilines is 1. The molecule has 8 heteroatoms. The number of rotatable bonds is 4. The fraction of sp³-hybridized carbons (Fsp3) is 0.136. The van der Waals surface area contributed by atoms with Crippen LogP contribution < -0.4 is 10.1 Å². The number of hydrogen-bond donors (Lipinski definition) is 1. The number of carbonyl (C=O) groups excluding carboxylic acids is 1. The van der Waals surface area contributed by atoms with Crippen molar-refractivity contribution in [1.29, 1.82) is 0 Å². The van der Waals surface area contributed by atoms with E-state index in [1.54, 1.807) is 12.1 Å². The van der Waals surface area contributed by atoms with Crippen molar-refractivity contribution in [3.8, 4) is 11.5 Å². The van der Waals surface area contributed by atoms with Gasteiger partial charge in [-0.25, -0.2) is 8.42 Å². The number of aryl methyl sites for hydroxylation is 1. The van der Waals surface area contributed by atoms with Crippen LogP contribution in [0.15, 0.2) is 65.6 Å². The molecule has 6 nitrogen and oxygen atoms in total. The van der Waals surface area contributed by atoms with E-state index < -0.39 is 15.9 Å². The Morgan fingerprint density at radius 1 is 1.03 bits per heavy atom. The number of hydrogen-bond acceptors (Lipinski definition) is 4. The molecule has 1 aliphatic heterocycles. The standard InChI is InChI=1S/C22H19ClN2O4S/c1-14-8-9-19-18(10-14)24-22(26)16-11-21(17(23)12-20(16)29-19)30(27,28)25(2)13-15-6-4-3-5-7-15/h3-12H,13H2,1-2H3,(H,24,26). The summed E-state index contributed by atoms with van der Waals surface area (Å²) >= 11 is 6.33. The summed E-state index contributed by atoms with van der Waals surface area (Å²) in [7, 11) is -2.47. The van der Waals surface area contributed by atoms with Crippen LogP contribution in [0.3, 0.4) is 0 Å². The summed E-state index contributed by atoms with van der Waals surface area (Å²) in [6.45, 7) is 2.07. The topological polar surface area (TPSA) is 75.7 Å². The van der Waals surface area contributed by atoms with Gasteiger partial charge in [0.2, 0.25) is 10.0 Å². The molecule has 0 unspecified atom stereocenters. The molecule has 1 amide bonds. The summed E-state index contributed by atoms with van der Waals surface area (Å²) in [5, 5.41) is 2.75. The molecule has 0 aromatic heterocycles. The van der Waals surface area contributed by atoms with Crippen molar-refractivity contribution in [2.45, 2.75) is 18.4 Å². The minimum absolute atomic E-state index is 0.0166. The zero-order valence-electron chi connectivity index (χ0n) is 16.3. The van der Waals surface area contributed by atoms with Crippen LogP contribution in [0, 0.1) is 6.92 Å². The number of benzene rings is 3. The molecule has 0 spiro atoms. The van der Waals surface area contributed by atoms with Crippen LogP contribution in [-0.4, -0.2) is 25.7 Å². The maximum Gasteiger partial charge on any atom is 0.259 e. The Balaban J connectivity index is 1.72. The number of nitrogens with one attached hydrogen (secondary N) is 1. The summed E-state index contributed by atoms with van der Waals surface area (Å²) in [5.41, 5.74) is 2.40. The van der Waals surface area contributed by atoms with Gasteiger partial charge in [-0.2, -0.15) is 4.31 Å². The highest BCUT2D eigenvalue weighted by molar-refractivity contribution is 7.89. The van der Waals surface area contributed by atoms with Crippen molar-refractivity contribution >= 4 is 33.2 Å². The average molecular weight is 443 g/mol. The van der Waals surface area contributed by atoms with E-state index in [0.29, 0.717) is 11.4 Å². The van der Waals surface area contributed by atoms with Crippen molar-refractivity contribution in [2.24, 2.45) is 0 Å². The molecule has 3 aromatic rings. The second-order valence-electron chi connectivity index (χ2n) is 7.08. The molecule has 1 aliphatic rings. The predicted octanol–water partition coefficient (Wildman–Crippen LogP) is 4.83. The lowest BCUT2D eigenvalue weighted by Crippen LogP contribution is -2.27. The number of ether oxygens (including phenoxy) is 1. The molecule has 0 fully saturated rings. The maximum atomic E-state index is 13.2. The molecule has 0 saturated heterocycles. The largest absolute Gasteiger partial charge is 0.454 e. The minimum Gasteiger partial charge on any atom is -0.454 e. The Kier molecular flexibility index (Phi) is 5.27. The van der Waals surface area contributed by atoms with E-state index in [1.165, 1.54) is 23.5 Å². The molecule has 0 atom stereocenters. The van der Waals surface area contributed by atoms with Gasteiger partial charge in [0.25, 0.3) is 5.91 Å². The van der Waals surface area contributed by atoms with E-state index in [9.17, 15) is 13.2 Å². The smallest absolute Gasteiger partial charge is 0.259 e. The zero-order valence-corrected chi connectivity index (χ0v) is 17.9. The molecule has 0 bridgehead atoms. The van der Waals surface area contributed by atoms with Crippen LogP contribution in [0.2, 0.25) is 5.02 Å². The zero-order chi connectivity index (χ0) is 21.5. The highest BCUT2D eigenvalue weighted by Crippen LogP contribution is 2.39. The van der Waals surface area contributed by atoms with E-state index in [2.05, 4.69) is 5.32 Å². The van der Waals surface area contributed by atoms with Crippen LogP contribution >= 0.6 is 11.6 Å². The van der Waals surface area contributed by atoms with Gasteiger partial charge in [-0.3, -0.25) is 4.79 Å². The molecule has 4 rings (SSSR count). The van der Waals surface area contributed by atoms with Crippen LogP contribution in [0.5, 0.6) is 11.5 Å². The van der Waals surface area contributed by atoms with Gasteiger partial charge in [0.05, 0.1) is 16.3 Å². The number of fused-ring (bicyclic) bond motifs is 2. The lowest BCUT2D eigenvalue weighted by Gasteiger charge is -2.19. The number of nitrogens with zero attached hydrogens (tertiary/aromatic N) is 1. The molecule has 1 N–H and O–H groups in total. The lowest BCUT2D eigenvalue weighted by molar-refractivity contribution is 0.102. The van der Waals surface area contributed by atoms with E-state index in [-0.39, 0.29) is 27.8 Å². The first-order valence-electron chi connectivity index (χ1n) is 9.19. The SMILES string of the molecule is Cc1ccc2c(c1)NC(=O)c1cc(S(=O)(=O)N(C)Cc3ccccc3)c(Cl)cc1O2. The van der Waals surface area contributed by atoms with Crippen molar-refractivity contribution in [3.05, 3.63) is 82.4 Å². The van der Waals surface area contributed by atoms with Gasteiger partial charge < -0.3 is 10.1 Å². The normalized spacial score (nSPS) is 13.1. The molecule has 0 radical (unpaired) electrons. The number of sulfonamides is 1. The number of halogens is 1. The second-order valence-corrected chi connectivity index (χ2v) is 9.50. The van der Waals surface area contributed by atoms with Crippen LogP contribution in [-0.2, 0) is 16.6 Å². The third-order valence-electron chi connectivity index (χ3n) is 4.82.